The molecule has 14 heavy (non-hydrogen) atoms. The van der Waals surface area contributed by atoms with Gasteiger partial charge in [-0.1, -0.05) is 28.1 Å². The number of rotatable bonds is 1. The molecule has 0 aliphatic carbocycles. The molecule has 76 valence electrons. The van der Waals surface area contributed by atoms with Crippen molar-refractivity contribution in [3.05, 3.63) is 34.3 Å². The zero-order chi connectivity index (χ0) is 10.0. The highest BCUT2D eigenvalue weighted by Crippen LogP contribution is 2.32. The zero-order valence-electron chi connectivity index (χ0n) is 7.87. The van der Waals surface area contributed by atoms with Crippen LogP contribution in [0.5, 0.6) is 0 Å². The monoisotopic (exact) mass is 256 g/mol. The summed E-state index contributed by atoms with van der Waals surface area (Å²) in [5, 5.41) is 10.4. The summed E-state index contributed by atoms with van der Waals surface area (Å²) in [6.45, 7) is 1.28. The Bertz CT molecular complexity index is 319. The van der Waals surface area contributed by atoms with Crippen LogP contribution >= 0.6 is 15.9 Å². The third-order valence-corrected chi connectivity index (χ3v) is 3.18. The Labute approximate surface area is 92.0 Å². The molecule has 0 aromatic heterocycles. The van der Waals surface area contributed by atoms with Crippen LogP contribution < -0.4 is 0 Å². The number of ether oxygens (including phenoxy) is 1. The summed E-state index contributed by atoms with van der Waals surface area (Å²) in [6, 6.07) is 7.86. The topological polar surface area (TPSA) is 29.5 Å². The molecule has 1 heterocycles. The lowest BCUT2D eigenvalue weighted by molar-refractivity contribution is -0.0679. The molecule has 0 unspecified atom stereocenters. The van der Waals surface area contributed by atoms with Crippen molar-refractivity contribution in [3.63, 3.8) is 0 Å². The molecule has 1 aromatic carbocycles. The minimum Gasteiger partial charge on any atom is -0.385 e. The summed E-state index contributed by atoms with van der Waals surface area (Å²) in [5.41, 5.74) is 0.289. The highest BCUT2D eigenvalue weighted by molar-refractivity contribution is 9.10. The molecule has 1 fully saturated rings. The van der Waals surface area contributed by atoms with Crippen molar-refractivity contribution in [2.75, 3.05) is 13.2 Å². The van der Waals surface area contributed by atoms with Gasteiger partial charge in [0.05, 0.1) is 5.60 Å². The van der Waals surface area contributed by atoms with Gasteiger partial charge >= 0.3 is 0 Å². The third-order valence-electron chi connectivity index (χ3n) is 2.68. The molecule has 1 aromatic rings. The van der Waals surface area contributed by atoms with E-state index >= 15 is 0 Å². The Hall–Kier alpha value is -0.380. The fourth-order valence-electron chi connectivity index (χ4n) is 1.78. The lowest BCUT2D eigenvalue weighted by Gasteiger charge is -2.32. The van der Waals surface area contributed by atoms with Crippen molar-refractivity contribution in [3.8, 4) is 0 Å². The Morgan fingerprint density at radius 1 is 1.29 bits per heavy atom. The summed E-state index contributed by atoms with van der Waals surface area (Å²) < 4.78 is 6.25. The first kappa shape index (κ1) is 10.1. The second-order valence-electron chi connectivity index (χ2n) is 3.65. The van der Waals surface area contributed by atoms with Crippen LogP contribution in [0.25, 0.3) is 0 Å². The van der Waals surface area contributed by atoms with E-state index in [1.165, 1.54) is 0 Å². The van der Waals surface area contributed by atoms with E-state index in [1.807, 2.05) is 24.3 Å². The van der Waals surface area contributed by atoms with Crippen molar-refractivity contribution in [2.24, 2.45) is 0 Å². The first-order valence-electron chi connectivity index (χ1n) is 4.77. The van der Waals surface area contributed by atoms with Gasteiger partial charge in [-0.2, -0.15) is 0 Å². The first-order chi connectivity index (χ1) is 6.71. The maximum Gasteiger partial charge on any atom is 0.0940 e. The fraction of sp³-hybridized carbons (Fsp3) is 0.455. The fourth-order valence-corrected chi connectivity index (χ4v) is 2.17. The largest absolute Gasteiger partial charge is 0.385 e. The van der Waals surface area contributed by atoms with Crippen LogP contribution in [-0.2, 0) is 10.3 Å². The van der Waals surface area contributed by atoms with E-state index in [2.05, 4.69) is 15.9 Å². The second kappa shape index (κ2) is 4.01. The number of benzene rings is 1. The van der Waals surface area contributed by atoms with Crippen molar-refractivity contribution in [1.29, 1.82) is 0 Å². The van der Waals surface area contributed by atoms with Gasteiger partial charge in [-0.05, 0) is 17.7 Å². The van der Waals surface area contributed by atoms with Gasteiger partial charge in [0, 0.05) is 30.5 Å². The van der Waals surface area contributed by atoms with E-state index in [-0.39, 0.29) is 0 Å². The van der Waals surface area contributed by atoms with Gasteiger partial charge in [-0.3, -0.25) is 0 Å². The van der Waals surface area contributed by atoms with E-state index in [9.17, 15) is 5.11 Å². The standard InChI is InChI=1S/C11H13BrO2/c12-10-3-1-2-9(8-10)11(13)4-6-14-7-5-11/h1-3,8,13H,4-7H2. The Kier molecular flexibility index (Phi) is 2.91. The van der Waals surface area contributed by atoms with Gasteiger partial charge in [-0.25, -0.2) is 0 Å². The predicted molar refractivity (Wildman–Crippen MR) is 58.1 cm³/mol. The minimum atomic E-state index is -0.692. The van der Waals surface area contributed by atoms with Crippen molar-refractivity contribution >= 4 is 15.9 Å². The molecule has 0 spiro atoms. The number of hydrogen-bond acceptors (Lipinski definition) is 2. The average Bonchev–Trinajstić information content (AvgIpc) is 2.19. The van der Waals surface area contributed by atoms with E-state index < -0.39 is 5.60 Å². The van der Waals surface area contributed by atoms with Crippen LogP contribution in [0.1, 0.15) is 18.4 Å². The summed E-state index contributed by atoms with van der Waals surface area (Å²) in [5.74, 6) is 0. The van der Waals surface area contributed by atoms with Crippen LogP contribution in [0.3, 0.4) is 0 Å². The molecule has 1 saturated heterocycles. The molecule has 3 heteroatoms. The Balaban J connectivity index is 2.28. The summed E-state index contributed by atoms with van der Waals surface area (Å²) in [4.78, 5) is 0. The van der Waals surface area contributed by atoms with E-state index in [4.69, 9.17) is 4.74 Å². The number of aliphatic hydroxyl groups is 1. The average molecular weight is 257 g/mol. The second-order valence-corrected chi connectivity index (χ2v) is 4.57. The van der Waals surface area contributed by atoms with Gasteiger partial charge in [0.15, 0.2) is 0 Å². The van der Waals surface area contributed by atoms with Crippen LogP contribution in [0.15, 0.2) is 28.7 Å². The SMILES string of the molecule is OC1(c2cccc(Br)c2)CCOCC1. The van der Waals surface area contributed by atoms with E-state index in [0.717, 1.165) is 10.0 Å². The molecular weight excluding hydrogens is 244 g/mol. The molecule has 0 saturated carbocycles. The van der Waals surface area contributed by atoms with Gasteiger partial charge < -0.3 is 9.84 Å². The molecule has 0 amide bonds. The number of halogens is 1. The molecule has 2 rings (SSSR count). The molecule has 1 aliphatic heterocycles. The van der Waals surface area contributed by atoms with Crippen molar-refractivity contribution < 1.29 is 9.84 Å². The molecule has 0 radical (unpaired) electrons. The molecule has 0 atom stereocenters. The maximum absolute atomic E-state index is 10.4. The highest BCUT2D eigenvalue weighted by atomic mass is 79.9. The quantitative estimate of drug-likeness (QED) is 0.837. The normalized spacial score (nSPS) is 20.7. The van der Waals surface area contributed by atoms with Gasteiger partial charge in [0.1, 0.15) is 0 Å². The van der Waals surface area contributed by atoms with Crippen LogP contribution in [-0.4, -0.2) is 18.3 Å². The van der Waals surface area contributed by atoms with E-state index in [1.54, 1.807) is 0 Å². The summed E-state index contributed by atoms with van der Waals surface area (Å²) >= 11 is 3.41. The zero-order valence-corrected chi connectivity index (χ0v) is 9.46. The molecular formula is C11H13BrO2. The van der Waals surface area contributed by atoms with Crippen molar-refractivity contribution in [2.45, 2.75) is 18.4 Å². The first-order valence-corrected chi connectivity index (χ1v) is 5.56. The van der Waals surface area contributed by atoms with Crippen molar-refractivity contribution in [1.82, 2.24) is 0 Å². The molecule has 2 nitrogen and oxygen atoms in total. The van der Waals surface area contributed by atoms with Gasteiger partial charge in [0.25, 0.3) is 0 Å². The third kappa shape index (κ3) is 2.00. The number of hydrogen-bond donors (Lipinski definition) is 1. The van der Waals surface area contributed by atoms with Crippen LogP contribution in [0.2, 0.25) is 0 Å². The minimum absolute atomic E-state index is 0.642. The predicted octanol–water partition coefficient (Wildman–Crippen LogP) is 2.45. The van der Waals surface area contributed by atoms with Gasteiger partial charge in [0.2, 0.25) is 0 Å². The Morgan fingerprint density at radius 3 is 2.64 bits per heavy atom. The molecule has 0 bridgehead atoms. The maximum atomic E-state index is 10.4. The smallest absolute Gasteiger partial charge is 0.0940 e. The van der Waals surface area contributed by atoms with Crippen LogP contribution in [0, 0.1) is 0 Å². The lowest BCUT2D eigenvalue weighted by atomic mass is 9.87. The Morgan fingerprint density at radius 2 is 2.00 bits per heavy atom. The molecule has 1 N–H and O–H groups in total. The van der Waals surface area contributed by atoms with E-state index in [0.29, 0.717) is 26.1 Å². The summed E-state index contributed by atoms with van der Waals surface area (Å²) in [7, 11) is 0. The van der Waals surface area contributed by atoms with Crippen LogP contribution in [0.4, 0.5) is 0 Å². The highest BCUT2D eigenvalue weighted by Gasteiger charge is 2.31. The summed E-state index contributed by atoms with van der Waals surface area (Å²) in [6.07, 6.45) is 1.37. The lowest BCUT2D eigenvalue weighted by Crippen LogP contribution is -2.33. The molecule has 1 aliphatic rings. The van der Waals surface area contributed by atoms with Gasteiger partial charge in [-0.15, -0.1) is 0 Å².